The minimum absolute atomic E-state index is 0.0678. The van der Waals surface area contributed by atoms with Crippen LogP contribution in [0.5, 0.6) is 5.88 Å². The molecule has 1 fully saturated rings. The third-order valence-corrected chi connectivity index (χ3v) is 3.72. The van der Waals surface area contributed by atoms with Crippen molar-refractivity contribution in [3.63, 3.8) is 0 Å². The quantitative estimate of drug-likeness (QED) is 0.714. The van der Waals surface area contributed by atoms with E-state index in [1.165, 1.54) is 33.6 Å². The van der Waals surface area contributed by atoms with Crippen molar-refractivity contribution in [2.75, 3.05) is 13.7 Å². The van der Waals surface area contributed by atoms with E-state index in [-0.39, 0.29) is 6.61 Å². The van der Waals surface area contributed by atoms with E-state index in [1.807, 2.05) is 0 Å². The van der Waals surface area contributed by atoms with Gasteiger partial charge in [-0.15, -0.1) is 0 Å². The average molecular weight is 350 g/mol. The Balaban J connectivity index is 1.91. The minimum atomic E-state index is -0.687. The Kier molecular flexibility index (Phi) is 4.79. The lowest BCUT2D eigenvalue weighted by molar-refractivity contribution is -0.153. The summed E-state index contributed by atoms with van der Waals surface area (Å²) in [5.74, 6) is -0.0192. The lowest BCUT2D eigenvalue weighted by Crippen LogP contribution is -2.26. The largest absolute Gasteiger partial charge is 0.480 e. The fraction of sp³-hybridized carbons (Fsp3) is 0.533. The van der Waals surface area contributed by atoms with Crippen LogP contribution >= 0.6 is 0 Å². The number of nitrogens with zero attached hydrogens (tertiary/aromatic N) is 4. The molecular weight excluding hydrogens is 332 g/mol. The van der Waals surface area contributed by atoms with Gasteiger partial charge in [-0.2, -0.15) is 0 Å². The number of esters is 2. The van der Waals surface area contributed by atoms with E-state index >= 15 is 0 Å². The number of methoxy groups -OCH3 is 1. The predicted molar refractivity (Wildman–Crippen MR) is 81.7 cm³/mol. The third kappa shape index (κ3) is 3.53. The number of fused-ring (bicyclic) bond motifs is 1. The van der Waals surface area contributed by atoms with Gasteiger partial charge in [-0.3, -0.25) is 14.2 Å². The van der Waals surface area contributed by atoms with Gasteiger partial charge in [0.1, 0.15) is 25.4 Å². The molecule has 0 bridgehead atoms. The maximum Gasteiger partial charge on any atom is 0.303 e. The molecule has 0 aromatic rings. The highest BCUT2D eigenvalue weighted by Crippen LogP contribution is 2.37. The summed E-state index contributed by atoms with van der Waals surface area (Å²) in [4.78, 5) is 34.8. The SMILES string of the molecule is COc1c2ncnc-2ncn1[C@@H]1O[C@H](COC(C)=O)C[C@H]1OC(C)=O. The van der Waals surface area contributed by atoms with Gasteiger partial charge in [-0.25, -0.2) is 15.0 Å². The summed E-state index contributed by atoms with van der Waals surface area (Å²) in [6.07, 6.45) is 1.56. The Morgan fingerprint density at radius 1 is 1.28 bits per heavy atom. The van der Waals surface area contributed by atoms with E-state index < -0.39 is 30.4 Å². The zero-order valence-electron chi connectivity index (χ0n) is 14.0. The fourth-order valence-electron chi connectivity index (χ4n) is 2.78. The second-order valence-corrected chi connectivity index (χ2v) is 5.54. The van der Waals surface area contributed by atoms with Gasteiger partial charge in [0, 0.05) is 20.3 Å². The summed E-state index contributed by atoms with van der Waals surface area (Å²) < 4.78 is 23.3. The highest BCUT2D eigenvalue weighted by molar-refractivity contribution is 5.66. The molecule has 25 heavy (non-hydrogen) atoms. The van der Waals surface area contributed by atoms with Crippen LogP contribution in [-0.4, -0.2) is 57.4 Å². The van der Waals surface area contributed by atoms with E-state index in [4.69, 9.17) is 18.9 Å². The van der Waals surface area contributed by atoms with Crippen LogP contribution in [-0.2, 0) is 23.8 Å². The second-order valence-electron chi connectivity index (χ2n) is 5.54. The molecule has 10 heteroatoms. The second kappa shape index (κ2) is 7.01. The van der Waals surface area contributed by atoms with Crippen molar-refractivity contribution < 1.29 is 28.5 Å². The zero-order chi connectivity index (χ0) is 18.0. The molecule has 0 unspecified atom stereocenters. The van der Waals surface area contributed by atoms with Crippen LogP contribution in [0.2, 0.25) is 0 Å². The Morgan fingerprint density at radius 3 is 2.76 bits per heavy atom. The molecule has 3 aliphatic rings. The van der Waals surface area contributed by atoms with Gasteiger partial charge < -0.3 is 18.9 Å². The van der Waals surface area contributed by atoms with Crippen molar-refractivity contribution in [2.24, 2.45) is 0 Å². The number of rotatable bonds is 5. The number of imidazole rings is 1. The van der Waals surface area contributed by atoms with Crippen molar-refractivity contribution in [3.05, 3.63) is 12.7 Å². The molecule has 0 aliphatic carbocycles. The normalized spacial score (nSPS) is 22.8. The molecule has 3 atom stereocenters. The average Bonchev–Trinajstić information content (AvgIpc) is 3.17. The Hall–Kier alpha value is -2.75. The monoisotopic (exact) mass is 350 g/mol. The van der Waals surface area contributed by atoms with Crippen molar-refractivity contribution in [2.45, 2.75) is 38.7 Å². The molecule has 0 N–H and O–H groups in total. The number of ether oxygens (including phenoxy) is 4. The van der Waals surface area contributed by atoms with Crippen LogP contribution in [0.25, 0.3) is 11.5 Å². The molecule has 3 heterocycles. The molecule has 0 radical (unpaired) electrons. The van der Waals surface area contributed by atoms with Crippen LogP contribution in [0.4, 0.5) is 0 Å². The maximum absolute atomic E-state index is 11.4. The molecule has 10 nitrogen and oxygen atoms in total. The van der Waals surface area contributed by atoms with Gasteiger partial charge in [0.05, 0.1) is 13.2 Å². The minimum Gasteiger partial charge on any atom is -0.480 e. The first kappa shape index (κ1) is 17.1. The van der Waals surface area contributed by atoms with Crippen LogP contribution < -0.4 is 4.74 Å². The number of aromatic nitrogens is 4. The summed E-state index contributed by atoms with van der Waals surface area (Å²) in [6, 6.07) is 0. The van der Waals surface area contributed by atoms with E-state index in [0.717, 1.165) is 0 Å². The van der Waals surface area contributed by atoms with E-state index in [0.29, 0.717) is 23.8 Å². The fourth-order valence-corrected chi connectivity index (χ4v) is 2.78. The smallest absolute Gasteiger partial charge is 0.303 e. The van der Waals surface area contributed by atoms with Crippen LogP contribution in [0.1, 0.15) is 26.5 Å². The lowest BCUT2D eigenvalue weighted by Gasteiger charge is -2.24. The summed E-state index contributed by atoms with van der Waals surface area (Å²) >= 11 is 0. The van der Waals surface area contributed by atoms with Crippen molar-refractivity contribution in [1.29, 1.82) is 0 Å². The van der Waals surface area contributed by atoms with Crippen molar-refractivity contribution in [3.8, 4) is 17.4 Å². The standard InChI is InChI=1S/C15H18N4O6/c1-8(20)23-5-10-4-11(24-9(2)21)14(25-10)19-7-18-13-12(15(19)22-3)16-6-17-13/h6-7,10-11,14H,4-5H2,1-3H3/t10-,11+,14+/m0/s1. The van der Waals surface area contributed by atoms with Gasteiger partial charge in [0.25, 0.3) is 0 Å². The van der Waals surface area contributed by atoms with Crippen LogP contribution in [0, 0.1) is 0 Å². The maximum atomic E-state index is 11.4. The zero-order valence-corrected chi connectivity index (χ0v) is 14.0. The van der Waals surface area contributed by atoms with Gasteiger partial charge in [0.15, 0.2) is 17.7 Å². The van der Waals surface area contributed by atoms with Crippen molar-refractivity contribution in [1.82, 2.24) is 19.5 Å². The number of carbonyl (C=O) groups is 2. The van der Waals surface area contributed by atoms with Crippen LogP contribution in [0.15, 0.2) is 12.7 Å². The summed E-state index contributed by atoms with van der Waals surface area (Å²) in [6.45, 7) is 2.71. The number of hydrogen-bond acceptors (Lipinski definition) is 9. The van der Waals surface area contributed by atoms with Gasteiger partial charge >= 0.3 is 11.9 Å². The first-order chi connectivity index (χ1) is 12.0. The summed E-state index contributed by atoms with van der Waals surface area (Å²) in [5.41, 5.74) is 0.471. The highest BCUT2D eigenvalue weighted by Gasteiger charge is 2.41. The molecule has 3 rings (SSSR count). The van der Waals surface area contributed by atoms with E-state index in [9.17, 15) is 9.59 Å². The first-order valence-electron chi connectivity index (χ1n) is 7.67. The Bertz CT molecular complexity index is 748. The van der Waals surface area contributed by atoms with Gasteiger partial charge in [0.2, 0.25) is 5.88 Å². The third-order valence-electron chi connectivity index (χ3n) is 3.72. The highest BCUT2D eigenvalue weighted by atomic mass is 16.6. The van der Waals surface area contributed by atoms with Gasteiger partial charge in [-0.05, 0) is 0 Å². The van der Waals surface area contributed by atoms with E-state index in [1.54, 1.807) is 4.57 Å². The molecule has 1 saturated heterocycles. The molecule has 0 amide bonds. The molecule has 134 valence electrons. The van der Waals surface area contributed by atoms with Gasteiger partial charge in [-0.1, -0.05) is 0 Å². The molecule has 0 spiro atoms. The topological polar surface area (TPSA) is 115 Å². The number of hydrogen-bond donors (Lipinski definition) is 0. The molecule has 3 aliphatic heterocycles. The molecule has 0 saturated carbocycles. The number of carbonyl (C=O) groups excluding carboxylic acids is 2. The lowest BCUT2D eigenvalue weighted by atomic mass is 10.2. The Labute approximate surface area is 143 Å². The predicted octanol–water partition coefficient (Wildman–Crippen LogP) is 0.569. The summed E-state index contributed by atoms with van der Waals surface area (Å²) in [5, 5.41) is 0. The molecule has 0 aromatic heterocycles. The molecular formula is C15H18N4O6. The van der Waals surface area contributed by atoms with Crippen molar-refractivity contribution >= 4 is 11.9 Å². The molecule has 0 aromatic carbocycles. The Morgan fingerprint density at radius 2 is 2.08 bits per heavy atom. The first-order valence-corrected chi connectivity index (χ1v) is 7.67. The van der Waals surface area contributed by atoms with E-state index in [2.05, 4.69) is 15.0 Å². The van der Waals surface area contributed by atoms with Crippen LogP contribution in [0.3, 0.4) is 0 Å². The summed E-state index contributed by atoms with van der Waals surface area (Å²) in [7, 11) is 1.49.